The summed E-state index contributed by atoms with van der Waals surface area (Å²) in [5, 5.41) is 0. The molecule has 0 N–H and O–H groups in total. The number of aryl methyl sites for hydroxylation is 2. The van der Waals surface area contributed by atoms with Gasteiger partial charge >= 0.3 is 0 Å². The van der Waals surface area contributed by atoms with Crippen LogP contribution in [-0.4, -0.2) is 55.1 Å². The van der Waals surface area contributed by atoms with E-state index in [1.165, 1.54) is 61.3 Å². The summed E-state index contributed by atoms with van der Waals surface area (Å²) in [6, 6.07) is 9.09. The molecule has 2 saturated heterocycles. The lowest BCUT2D eigenvalue weighted by atomic mass is 9.93. The third-order valence-electron chi connectivity index (χ3n) is 7.46. The molecule has 6 heteroatoms. The van der Waals surface area contributed by atoms with Crippen LogP contribution in [-0.2, 0) is 27.2 Å². The number of rotatable bonds is 6. The van der Waals surface area contributed by atoms with E-state index in [0.29, 0.717) is 11.8 Å². The Morgan fingerprint density at radius 2 is 1.22 bits per heavy atom. The van der Waals surface area contributed by atoms with Gasteiger partial charge in [0, 0.05) is 75.9 Å². The van der Waals surface area contributed by atoms with Crippen molar-refractivity contribution in [2.75, 3.05) is 26.2 Å². The van der Waals surface area contributed by atoms with E-state index >= 15 is 0 Å². The van der Waals surface area contributed by atoms with Crippen LogP contribution in [0.1, 0.15) is 60.0 Å². The Balaban J connectivity index is 1.25. The lowest BCUT2D eigenvalue weighted by Crippen LogP contribution is -2.36. The average molecular weight is 433 g/mol. The van der Waals surface area contributed by atoms with E-state index in [-0.39, 0.29) is 0 Å². The molecule has 2 aliphatic heterocycles. The largest absolute Gasteiger partial charge is 0.337 e. The lowest BCUT2D eigenvalue weighted by Gasteiger charge is -2.35. The fraction of sp³-hybridized carbons (Fsp3) is 0.538. The molecule has 0 spiro atoms. The Morgan fingerprint density at radius 1 is 0.750 bits per heavy atom. The van der Waals surface area contributed by atoms with E-state index in [1.54, 1.807) is 0 Å². The highest BCUT2D eigenvalue weighted by molar-refractivity contribution is 5.27. The molecule has 3 aromatic rings. The van der Waals surface area contributed by atoms with Crippen LogP contribution in [0.25, 0.3) is 0 Å². The molecular formula is C26H36N6. The quantitative estimate of drug-likeness (QED) is 0.592. The molecule has 2 atom stereocenters. The van der Waals surface area contributed by atoms with Crippen molar-refractivity contribution in [1.82, 2.24) is 28.9 Å². The molecule has 170 valence electrons. The maximum absolute atomic E-state index is 4.35. The molecule has 2 fully saturated rings. The van der Waals surface area contributed by atoms with Gasteiger partial charge in [-0.2, -0.15) is 0 Å². The van der Waals surface area contributed by atoms with E-state index in [4.69, 9.17) is 0 Å². The van der Waals surface area contributed by atoms with Crippen LogP contribution in [0.3, 0.4) is 0 Å². The first kappa shape index (κ1) is 21.4. The SMILES string of the molecule is Cn1cncc1C1CCCN(Cc2ccccc2CN2CCCC(c3cncn3C)C2)C1. The van der Waals surface area contributed by atoms with E-state index in [0.717, 1.165) is 26.2 Å². The molecule has 2 unspecified atom stereocenters. The summed E-state index contributed by atoms with van der Waals surface area (Å²) in [6.07, 6.45) is 13.0. The van der Waals surface area contributed by atoms with Crippen LogP contribution in [0.2, 0.25) is 0 Å². The molecular weight excluding hydrogens is 396 g/mol. The summed E-state index contributed by atoms with van der Waals surface area (Å²) in [5.41, 5.74) is 5.72. The Labute approximate surface area is 191 Å². The topological polar surface area (TPSA) is 42.1 Å². The molecule has 1 aromatic carbocycles. The van der Waals surface area contributed by atoms with Gasteiger partial charge in [0.2, 0.25) is 0 Å². The highest BCUT2D eigenvalue weighted by atomic mass is 15.2. The Bertz CT molecular complexity index is 940. The summed E-state index contributed by atoms with van der Waals surface area (Å²) in [4.78, 5) is 14.0. The zero-order valence-corrected chi connectivity index (χ0v) is 19.5. The molecule has 0 amide bonds. The predicted molar refractivity (Wildman–Crippen MR) is 127 cm³/mol. The third kappa shape index (κ3) is 4.66. The number of nitrogens with zero attached hydrogens (tertiary/aromatic N) is 6. The monoisotopic (exact) mass is 432 g/mol. The fourth-order valence-electron chi connectivity index (χ4n) is 5.75. The van der Waals surface area contributed by atoms with E-state index < -0.39 is 0 Å². The average Bonchev–Trinajstić information content (AvgIpc) is 3.43. The van der Waals surface area contributed by atoms with Gasteiger partial charge in [0.25, 0.3) is 0 Å². The second-order valence-electron chi connectivity index (χ2n) is 9.78. The molecule has 2 aliphatic rings. The maximum atomic E-state index is 4.35. The van der Waals surface area contributed by atoms with Crippen molar-refractivity contribution < 1.29 is 0 Å². The fourth-order valence-corrected chi connectivity index (χ4v) is 5.75. The molecule has 0 bridgehead atoms. The number of hydrogen-bond acceptors (Lipinski definition) is 4. The summed E-state index contributed by atoms with van der Waals surface area (Å²) in [6.45, 7) is 6.72. The van der Waals surface area contributed by atoms with Gasteiger partial charge in [0.05, 0.1) is 12.7 Å². The molecule has 0 aliphatic carbocycles. The summed E-state index contributed by atoms with van der Waals surface area (Å²) in [5.74, 6) is 1.18. The summed E-state index contributed by atoms with van der Waals surface area (Å²) in [7, 11) is 4.24. The minimum atomic E-state index is 0.588. The maximum Gasteiger partial charge on any atom is 0.0945 e. The zero-order chi connectivity index (χ0) is 21.9. The standard InChI is InChI=1S/C26H36N6/c1-29-19-27-13-25(29)23-9-5-11-31(17-23)15-21-7-3-4-8-22(21)16-32-12-6-10-24(18-32)26-14-28-20-30(26)2/h3-4,7-8,13-14,19-20,23-24H,5-6,9-12,15-18H2,1-2H3. The van der Waals surface area contributed by atoms with Gasteiger partial charge in [-0.15, -0.1) is 0 Å². The first-order chi connectivity index (χ1) is 15.7. The first-order valence-electron chi connectivity index (χ1n) is 12.1. The van der Waals surface area contributed by atoms with Crippen LogP contribution in [0.15, 0.2) is 49.3 Å². The van der Waals surface area contributed by atoms with Crippen molar-refractivity contribution in [3.63, 3.8) is 0 Å². The van der Waals surface area contributed by atoms with Gasteiger partial charge in [-0.05, 0) is 49.9 Å². The van der Waals surface area contributed by atoms with Gasteiger partial charge in [0.15, 0.2) is 0 Å². The molecule has 0 saturated carbocycles. The molecule has 6 nitrogen and oxygen atoms in total. The second kappa shape index (κ2) is 9.59. The minimum absolute atomic E-state index is 0.588. The molecule has 4 heterocycles. The van der Waals surface area contributed by atoms with Gasteiger partial charge in [-0.1, -0.05) is 24.3 Å². The van der Waals surface area contributed by atoms with Crippen LogP contribution < -0.4 is 0 Å². The number of benzene rings is 1. The predicted octanol–water partition coefficient (Wildman–Crippen LogP) is 3.91. The number of hydrogen-bond donors (Lipinski definition) is 0. The highest BCUT2D eigenvalue weighted by Crippen LogP contribution is 2.30. The highest BCUT2D eigenvalue weighted by Gasteiger charge is 2.26. The minimum Gasteiger partial charge on any atom is -0.337 e. The number of imidazole rings is 2. The van der Waals surface area contributed by atoms with Gasteiger partial charge in [0.1, 0.15) is 0 Å². The smallest absolute Gasteiger partial charge is 0.0945 e. The Hall–Kier alpha value is -2.44. The van der Waals surface area contributed by atoms with Crippen molar-refractivity contribution >= 4 is 0 Å². The zero-order valence-electron chi connectivity index (χ0n) is 19.5. The molecule has 32 heavy (non-hydrogen) atoms. The normalized spacial score (nSPS) is 22.9. The van der Waals surface area contributed by atoms with Crippen molar-refractivity contribution in [2.45, 2.75) is 50.6 Å². The van der Waals surface area contributed by atoms with E-state index in [2.05, 4.69) is 79.7 Å². The third-order valence-corrected chi connectivity index (χ3v) is 7.46. The van der Waals surface area contributed by atoms with E-state index in [9.17, 15) is 0 Å². The molecule has 2 aromatic heterocycles. The number of aromatic nitrogens is 4. The Morgan fingerprint density at radius 3 is 1.62 bits per heavy atom. The number of likely N-dealkylation sites (tertiary alicyclic amines) is 2. The second-order valence-corrected chi connectivity index (χ2v) is 9.78. The van der Waals surface area contributed by atoms with Gasteiger partial charge < -0.3 is 9.13 Å². The van der Waals surface area contributed by atoms with Gasteiger partial charge in [-0.3, -0.25) is 9.80 Å². The molecule has 0 radical (unpaired) electrons. The molecule has 5 rings (SSSR count). The first-order valence-corrected chi connectivity index (χ1v) is 12.1. The van der Waals surface area contributed by atoms with Crippen LogP contribution >= 0.6 is 0 Å². The lowest BCUT2D eigenvalue weighted by molar-refractivity contribution is 0.187. The van der Waals surface area contributed by atoms with Crippen molar-refractivity contribution in [3.8, 4) is 0 Å². The van der Waals surface area contributed by atoms with Crippen LogP contribution in [0.4, 0.5) is 0 Å². The van der Waals surface area contributed by atoms with Gasteiger partial charge in [-0.25, -0.2) is 9.97 Å². The van der Waals surface area contributed by atoms with Crippen molar-refractivity contribution in [2.24, 2.45) is 14.1 Å². The van der Waals surface area contributed by atoms with Crippen molar-refractivity contribution in [1.29, 1.82) is 0 Å². The van der Waals surface area contributed by atoms with E-state index in [1.807, 2.05) is 12.7 Å². The van der Waals surface area contributed by atoms with Crippen molar-refractivity contribution in [3.05, 3.63) is 71.8 Å². The summed E-state index contributed by atoms with van der Waals surface area (Å²) >= 11 is 0. The number of piperidine rings is 2. The Kier molecular flexibility index (Phi) is 6.42. The van der Waals surface area contributed by atoms with Crippen LogP contribution in [0.5, 0.6) is 0 Å². The van der Waals surface area contributed by atoms with Crippen LogP contribution in [0, 0.1) is 0 Å². The summed E-state index contributed by atoms with van der Waals surface area (Å²) < 4.78 is 4.38.